The highest BCUT2D eigenvalue weighted by atomic mass is 16.6. The molecule has 4 heteroatoms. The Bertz CT molecular complexity index is 464. The predicted octanol–water partition coefficient (Wildman–Crippen LogP) is 1.24. The zero-order chi connectivity index (χ0) is 11.9. The molecule has 0 aromatic heterocycles. The van der Waals surface area contributed by atoms with Crippen LogP contribution in [0, 0.1) is 0 Å². The fourth-order valence-electron chi connectivity index (χ4n) is 2.79. The third-order valence-electron chi connectivity index (χ3n) is 3.76. The Morgan fingerprint density at radius 2 is 2.12 bits per heavy atom. The van der Waals surface area contributed by atoms with Crippen LogP contribution in [-0.4, -0.2) is 26.2 Å². The summed E-state index contributed by atoms with van der Waals surface area (Å²) < 4.78 is 10.7. The molecule has 3 rings (SSSR count). The van der Waals surface area contributed by atoms with Crippen LogP contribution < -0.4 is 14.8 Å². The smallest absolute Gasteiger partial charge is 0.322 e. The van der Waals surface area contributed by atoms with E-state index in [0.717, 1.165) is 31.5 Å². The maximum Gasteiger partial charge on any atom is 0.322 e. The van der Waals surface area contributed by atoms with Gasteiger partial charge in [-0.2, -0.15) is 0 Å². The molecular formula is C13H15NO3. The number of rotatable bonds is 1. The van der Waals surface area contributed by atoms with E-state index in [4.69, 9.17) is 9.47 Å². The highest BCUT2D eigenvalue weighted by Crippen LogP contribution is 2.49. The number of fused-ring (bicyclic) bond motifs is 2. The molecule has 0 unspecified atom stereocenters. The van der Waals surface area contributed by atoms with Crippen molar-refractivity contribution in [2.45, 2.75) is 18.3 Å². The molecule has 1 aromatic rings. The first-order chi connectivity index (χ1) is 8.28. The second kappa shape index (κ2) is 3.74. The van der Waals surface area contributed by atoms with E-state index in [1.807, 2.05) is 18.2 Å². The lowest BCUT2D eigenvalue weighted by Gasteiger charge is -2.30. The Hall–Kier alpha value is -1.55. The van der Waals surface area contributed by atoms with Crippen LogP contribution in [0.5, 0.6) is 11.5 Å². The van der Waals surface area contributed by atoms with Crippen LogP contribution in [0.25, 0.3) is 0 Å². The molecule has 2 aliphatic rings. The van der Waals surface area contributed by atoms with Crippen molar-refractivity contribution in [3.8, 4) is 11.5 Å². The fraction of sp³-hybridized carbons (Fsp3) is 0.462. The van der Waals surface area contributed by atoms with Crippen molar-refractivity contribution in [3.05, 3.63) is 23.8 Å². The van der Waals surface area contributed by atoms with Gasteiger partial charge in [-0.15, -0.1) is 0 Å². The van der Waals surface area contributed by atoms with Gasteiger partial charge in [0.1, 0.15) is 0 Å². The van der Waals surface area contributed by atoms with Crippen molar-refractivity contribution >= 4 is 5.97 Å². The third kappa shape index (κ3) is 1.37. The molecule has 0 amide bonds. The van der Waals surface area contributed by atoms with Gasteiger partial charge in [0.2, 0.25) is 0 Å². The number of benzene rings is 1. The summed E-state index contributed by atoms with van der Waals surface area (Å²) in [6.45, 7) is 1.71. The minimum absolute atomic E-state index is 0.126. The van der Waals surface area contributed by atoms with Crippen molar-refractivity contribution in [2.75, 3.05) is 20.2 Å². The Kier molecular flexibility index (Phi) is 2.33. The summed E-state index contributed by atoms with van der Waals surface area (Å²) in [6, 6.07) is 5.73. The number of para-hydroxylation sites is 1. The van der Waals surface area contributed by atoms with Gasteiger partial charge in [-0.05, 0) is 32.0 Å². The van der Waals surface area contributed by atoms with Gasteiger partial charge in [-0.25, -0.2) is 0 Å². The van der Waals surface area contributed by atoms with Crippen molar-refractivity contribution in [1.82, 2.24) is 5.32 Å². The summed E-state index contributed by atoms with van der Waals surface area (Å²) >= 11 is 0. The molecule has 0 saturated carbocycles. The molecule has 1 N–H and O–H groups in total. The minimum Gasteiger partial charge on any atom is -0.493 e. The highest BCUT2D eigenvalue weighted by Gasteiger charge is 2.50. The molecule has 90 valence electrons. The van der Waals surface area contributed by atoms with Gasteiger partial charge in [-0.3, -0.25) is 4.79 Å². The Morgan fingerprint density at radius 3 is 2.82 bits per heavy atom. The van der Waals surface area contributed by atoms with E-state index in [2.05, 4.69) is 5.32 Å². The van der Waals surface area contributed by atoms with Gasteiger partial charge in [0.25, 0.3) is 0 Å². The zero-order valence-corrected chi connectivity index (χ0v) is 9.79. The standard InChI is InChI=1S/C13H15NO3/c1-16-10-4-2-3-9-11(10)17-12(15)13(9)5-7-14-8-6-13/h2-4,14H,5-8H2,1H3. The monoisotopic (exact) mass is 233 g/mol. The summed E-state index contributed by atoms with van der Waals surface area (Å²) in [6.07, 6.45) is 1.60. The quantitative estimate of drug-likeness (QED) is 0.585. The SMILES string of the molecule is COc1cccc2c1OC(=O)C21CCNCC1. The molecule has 1 saturated heterocycles. The van der Waals surface area contributed by atoms with Gasteiger partial charge in [0, 0.05) is 5.56 Å². The molecule has 0 bridgehead atoms. The molecule has 0 radical (unpaired) electrons. The first-order valence-electron chi connectivity index (χ1n) is 5.88. The van der Waals surface area contributed by atoms with E-state index in [-0.39, 0.29) is 5.97 Å². The van der Waals surface area contributed by atoms with Crippen molar-refractivity contribution in [3.63, 3.8) is 0 Å². The van der Waals surface area contributed by atoms with E-state index in [1.165, 1.54) is 0 Å². The van der Waals surface area contributed by atoms with Crippen LogP contribution >= 0.6 is 0 Å². The predicted molar refractivity (Wildman–Crippen MR) is 62.4 cm³/mol. The van der Waals surface area contributed by atoms with Gasteiger partial charge in [-0.1, -0.05) is 12.1 Å². The van der Waals surface area contributed by atoms with Crippen LogP contribution in [0.15, 0.2) is 18.2 Å². The number of nitrogens with one attached hydrogen (secondary N) is 1. The van der Waals surface area contributed by atoms with E-state index in [1.54, 1.807) is 7.11 Å². The minimum atomic E-state index is -0.449. The number of ether oxygens (including phenoxy) is 2. The van der Waals surface area contributed by atoms with Crippen LogP contribution in [0.4, 0.5) is 0 Å². The Morgan fingerprint density at radius 1 is 1.35 bits per heavy atom. The number of hydrogen-bond donors (Lipinski definition) is 1. The van der Waals surface area contributed by atoms with Crippen molar-refractivity contribution in [1.29, 1.82) is 0 Å². The fourth-order valence-corrected chi connectivity index (χ4v) is 2.79. The third-order valence-corrected chi connectivity index (χ3v) is 3.76. The number of carbonyl (C=O) groups is 1. The molecule has 0 aliphatic carbocycles. The van der Waals surface area contributed by atoms with Gasteiger partial charge in [0.15, 0.2) is 11.5 Å². The number of methoxy groups -OCH3 is 1. The lowest BCUT2D eigenvalue weighted by molar-refractivity contribution is -0.139. The summed E-state index contributed by atoms with van der Waals surface area (Å²) in [7, 11) is 1.59. The largest absolute Gasteiger partial charge is 0.493 e. The van der Waals surface area contributed by atoms with Crippen LogP contribution in [0.3, 0.4) is 0 Å². The maximum atomic E-state index is 12.2. The number of piperidine rings is 1. The van der Waals surface area contributed by atoms with Gasteiger partial charge in [0.05, 0.1) is 12.5 Å². The molecule has 4 nitrogen and oxygen atoms in total. The summed E-state index contributed by atoms with van der Waals surface area (Å²) in [5.41, 5.74) is 0.540. The van der Waals surface area contributed by atoms with Gasteiger partial charge >= 0.3 is 5.97 Å². The molecule has 0 atom stereocenters. The van der Waals surface area contributed by atoms with Gasteiger partial charge < -0.3 is 14.8 Å². The topological polar surface area (TPSA) is 47.6 Å². The summed E-state index contributed by atoms with van der Waals surface area (Å²) in [5.74, 6) is 1.13. The van der Waals surface area contributed by atoms with E-state index >= 15 is 0 Å². The molecule has 1 aromatic carbocycles. The summed E-state index contributed by atoms with van der Waals surface area (Å²) in [5, 5.41) is 3.28. The van der Waals surface area contributed by atoms with Crippen molar-refractivity contribution < 1.29 is 14.3 Å². The second-order valence-electron chi connectivity index (χ2n) is 4.56. The van der Waals surface area contributed by atoms with Crippen LogP contribution in [-0.2, 0) is 10.2 Å². The number of carbonyl (C=O) groups excluding carboxylic acids is 1. The number of hydrogen-bond acceptors (Lipinski definition) is 4. The zero-order valence-electron chi connectivity index (χ0n) is 9.79. The molecule has 2 aliphatic heterocycles. The maximum absolute atomic E-state index is 12.2. The van der Waals surface area contributed by atoms with E-state index in [9.17, 15) is 4.79 Å². The average molecular weight is 233 g/mol. The molecular weight excluding hydrogens is 218 g/mol. The molecule has 2 heterocycles. The normalized spacial score (nSPS) is 21.1. The highest BCUT2D eigenvalue weighted by molar-refractivity contribution is 5.92. The number of esters is 1. The first-order valence-corrected chi connectivity index (χ1v) is 5.88. The Balaban J connectivity index is 2.13. The van der Waals surface area contributed by atoms with E-state index in [0.29, 0.717) is 11.5 Å². The summed E-state index contributed by atoms with van der Waals surface area (Å²) in [4.78, 5) is 12.2. The average Bonchev–Trinajstić information content (AvgIpc) is 2.64. The first kappa shape index (κ1) is 10.6. The molecule has 1 fully saturated rings. The molecule has 17 heavy (non-hydrogen) atoms. The lowest BCUT2D eigenvalue weighted by Crippen LogP contribution is -2.44. The molecule has 1 spiro atoms. The van der Waals surface area contributed by atoms with Crippen LogP contribution in [0.1, 0.15) is 18.4 Å². The lowest BCUT2D eigenvalue weighted by atomic mass is 9.74. The van der Waals surface area contributed by atoms with Crippen molar-refractivity contribution in [2.24, 2.45) is 0 Å². The van der Waals surface area contributed by atoms with E-state index < -0.39 is 5.41 Å². The second-order valence-corrected chi connectivity index (χ2v) is 4.56. The Labute approximate surface area is 99.9 Å². The van der Waals surface area contributed by atoms with Crippen LogP contribution in [0.2, 0.25) is 0 Å².